The van der Waals surface area contributed by atoms with Crippen molar-refractivity contribution in [3.63, 3.8) is 0 Å². The van der Waals surface area contributed by atoms with E-state index in [2.05, 4.69) is 55.6 Å². The summed E-state index contributed by atoms with van der Waals surface area (Å²) >= 11 is 7.69. The smallest absolute Gasteiger partial charge is 0.0931 e. The summed E-state index contributed by atoms with van der Waals surface area (Å²) in [7, 11) is 0. The van der Waals surface area contributed by atoms with Crippen molar-refractivity contribution in [2.24, 2.45) is 5.92 Å². The van der Waals surface area contributed by atoms with E-state index in [0.29, 0.717) is 12.0 Å². The van der Waals surface area contributed by atoms with Gasteiger partial charge in [0.25, 0.3) is 0 Å². The molecule has 0 amide bonds. The molecule has 2 atom stereocenters. The lowest BCUT2D eigenvalue weighted by Crippen LogP contribution is -2.27. The molecular formula is C16H20ClNS. The molecule has 0 fully saturated rings. The first-order valence-corrected chi connectivity index (χ1v) is 7.92. The van der Waals surface area contributed by atoms with Crippen LogP contribution in [0.25, 0.3) is 0 Å². The monoisotopic (exact) mass is 293 g/mol. The molecule has 0 bridgehead atoms. The van der Waals surface area contributed by atoms with Gasteiger partial charge in [0.05, 0.1) is 4.34 Å². The fraction of sp³-hybridized carbons (Fsp3) is 0.375. The van der Waals surface area contributed by atoms with Gasteiger partial charge in [0.1, 0.15) is 0 Å². The highest BCUT2D eigenvalue weighted by Crippen LogP contribution is 2.29. The Hall–Kier alpha value is -0.830. The fourth-order valence-electron chi connectivity index (χ4n) is 2.42. The van der Waals surface area contributed by atoms with E-state index >= 15 is 0 Å². The van der Waals surface area contributed by atoms with Crippen LogP contribution in [0.4, 0.5) is 0 Å². The molecule has 1 aromatic heterocycles. The van der Waals surface area contributed by atoms with Gasteiger partial charge in [0.2, 0.25) is 0 Å². The van der Waals surface area contributed by atoms with Gasteiger partial charge in [-0.3, -0.25) is 0 Å². The highest BCUT2D eigenvalue weighted by Gasteiger charge is 2.19. The molecular weight excluding hydrogens is 274 g/mol. The average molecular weight is 294 g/mol. The minimum absolute atomic E-state index is 0.395. The predicted octanol–water partition coefficient (Wildman–Crippen LogP) is 4.93. The van der Waals surface area contributed by atoms with Crippen LogP contribution in [-0.2, 0) is 6.42 Å². The van der Waals surface area contributed by atoms with Gasteiger partial charge in [-0.05, 0) is 36.6 Å². The molecule has 3 heteroatoms. The molecule has 0 radical (unpaired) electrons. The molecule has 0 aliphatic carbocycles. The van der Waals surface area contributed by atoms with E-state index in [1.54, 1.807) is 11.3 Å². The predicted molar refractivity (Wildman–Crippen MR) is 85.1 cm³/mol. The Kier molecular flexibility index (Phi) is 5.44. The van der Waals surface area contributed by atoms with E-state index in [4.69, 9.17) is 11.6 Å². The summed E-state index contributed by atoms with van der Waals surface area (Å²) in [6.07, 6.45) is 1.06. The zero-order valence-corrected chi connectivity index (χ0v) is 13.0. The van der Waals surface area contributed by atoms with Gasteiger partial charge in [-0.25, -0.2) is 0 Å². The lowest BCUT2D eigenvalue weighted by Gasteiger charge is -2.25. The van der Waals surface area contributed by atoms with Crippen molar-refractivity contribution in [3.05, 3.63) is 57.2 Å². The van der Waals surface area contributed by atoms with Crippen LogP contribution in [0.3, 0.4) is 0 Å². The highest BCUT2D eigenvalue weighted by atomic mass is 35.5. The molecule has 0 aliphatic rings. The second-order valence-electron chi connectivity index (χ2n) is 4.83. The number of nitrogens with one attached hydrogen (secondary N) is 1. The standard InChI is InChI=1S/C16H20ClNS/c1-3-18-16(13-7-5-4-6-8-13)12(2)11-14-9-10-15(17)19-14/h4-10,12,16,18H,3,11H2,1-2H3. The van der Waals surface area contributed by atoms with Gasteiger partial charge in [0.15, 0.2) is 0 Å². The third-order valence-corrected chi connectivity index (χ3v) is 4.56. The number of rotatable bonds is 6. The summed E-state index contributed by atoms with van der Waals surface area (Å²) < 4.78 is 0.877. The van der Waals surface area contributed by atoms with E-state index in [1.165, 1.54) is 10.4 Å². The molecule has 2 unspecified atom stereocenters. The first kappa shape index (κ1) is 14.6. The minimum Gasteiger partial charge on any atom is -0.310 e. The van der Waals surface area contributed by atoms with Crippen LogP contribution < -0.4 is 5.32 Å². The molecule has 1 nitrogen and oxygen atoms in total. The Bertz CT molecular complexity index is 494. The van der Waals surface area contributed by atoms with Gasteiger partial charge in [-0.1, -0.05) is 55.8 Å². The second-order valence-corrected chi connectivity index (χ2v) is 6.63. The van der Waals surface area contributed by atoms with Crippen molar-refractivity contribution in [3.8, 4) is 0 Å². The van der Waals surface area contributed by atoms with Crippen molar-refractivity contribution in [2.45, 2.75) is 26.3 Å². The van der Waals surface area contributed by atoms with E-state index in [-0.39, 0.29) is 0 Å². The largest absolute Gasteiger partial charge is 0.310 e. The molecule has 1 aromatic carbocycles. The third kappa shape index (κ3) is 4.07. The van der Waals surface area contributed by atoms with Crippen LogP contribution >= 0.6 is 22.9 Å². The van der Waals surface area contributed by atoms with Crippen LogP contribution in [0.15, 0.2) is 42.5 Å². The third-order valence-electron chi connectivity index (χ3n) is 3.30. The Labute approximate surface area is 124 Å². The molecule has 1 N–H and O–H groups in total. The quantitative estimate of drug-likeness (QED) is 0.796. The maximum absolute atomic E-state index is 6.00. The van der Waals surface area contributed by atoms with Crippen LogP contribution in [0.5, 0.6) is 0 Å². The zero-order valence-electron chi connectivity index (χ0n) is 11.4. The number of hydrogen-bond acceptors (Lipinski definition) is 2. The summed E-state index contributed by atoms with van der Waals surface area (Å²) in [5, 5.41) is 3.60. The molecule has 102 valence electrons. The summed E-state index contributed by atoms with van der Waals surface area (Å²) in [5.41, 5.74) is 1.36. The Morgan fingerprint density at radius 3 is 2.47 bits per heavy atom. The SMILES string of the molecule is CCNC(c1ccccc1)C(C)Cc1ccc(Cl)s1. The van der Waals surface area contributed by atoms with E-state index < -0.39 is 0 Å². The van der Waals surface area contributed by atoms with Crippen LogP contribution in [0, 0.1) is 5.92 Å². The summed E-state index contributed by atoms with van der Waals surface area (Å²) in [6.45, 7) is 5.44. The summed E-state index contributed by atoms with van der Waals surface area (Å²) in [6, 6.07) is 15.2. The number of thiophene rings is 1. The molecule has 0 aliphatic heterocycles. The summed E-state index contributed by atoms with van der Waals surface area (Å²) in [4.78, 5) is 1.36. The Morgan fingerprint density at radius 2 is 1.89 bits per heavy atom. The van der Waals surface area contributed by atoms with Gasteiger partial charge in [-0.2, -0.15) is 0 Å². The van der Waals surface area contributed by atoms with E-state index in [9.17, 15) is 0 Å². The molecule has 19 heavy (non-hydrogen) atoms. The zero-order chi connectivity index (χ0) is 13.7. The number of halogens is 1. The van der Waals surface area contributed by atoms with Gasteiger partial charge in [0, 0.05) is 10.9 Å². The molecule has 0 spiro atoms. The number of hydrogen-bond donors (Lipinski definition) is 1. The van der Waals surface area contributed by atoms with Gasteiger partial charge >= 0.3 is 0 Å². The second kappa shape index (κ2) is 7.09. The van der Waals surface area contributed by atoms with E-state index in [0.717, 1.165) is 17.3 Å². The molecule has 1 heterocycles. The van der Waals surface area contributed by atoms with Gasteiger partial charge in [-0.15, -0.1) is 11.3 Å². The first-order valence-electron chi connectivity index (χ1n) is 6.73. The Balaban J connectivity index is 2.10. The first-order chi connectivity index (χ1) is 9.20. The molecule has 2 rings (SSSR count). The maximum atomic E-state index is 6.00. The number of benzene rings is 1. The molecule has 0 saturated carbocycles. The lowest BCUT2D eigenvalue weighted by atomic mass is 9.91. The fourth-order valence-corrected chi connectivity index (χ4v) is 3.65. The van der Waals surface area contributed by atoms with Crippen molar-refractivity contribution < 1.29 is 0 Å². The average Bonchev–Trinajstić information content (AvgIpc) is 2.82. The minimum atomic E-state index is 0.395. The topological polar surface area (TPSA) is 12.0 Å². The Morgan fingerprint density at radius 1 is 1.16 bits per heavy atom. The van der Waals surface area contributed by atoms with Gasteiger partial charge < -0.3 is 5.32 Å². The van der Waals surface area contributed by atoms with Crippen molar-refractivity contribution in [2.75, 3.05) is 6.54 Å². The van der Waals surface area contributed by atoms with Crippen molar-refractivity contribution in [1.82, 2.24) is 5.32 Å². The van der Waals surface area contributed by atoms with Crippen molar-refractivity contribution >= 4 is 22.9 Å². The normalized spacial score (nSPS) is 14.3. The summed E-state index contributed by atoms with van der Waals surface area (Å²) in [5.74, 6) is 0.539. The highest BCUT2D eigenvalue weighted by molar-refractivity contribution is 7.16. The molecule has 2 aromatic rings. The molecule has 0 saturated heterocycles. The van der Waals surface area contributed by atoms with E-state index in [1.807, 2.05) is 6.07 Å². The van der Waals surface area contributed by atoms with Crippen LogP contribution in [0.1, 0.15) is 30.3 Å². The lowest BCUT2D eigenvalue weighted by molar-refractivity contribution is 0.393. The van der Waals surface area contributed by atoms with Crippen molar-refractivity contribution in [1.29, 1.82) is 0 Å². The van der Waals surface area contributed by atoms with Crippen LogP contribution in [-0.4, -0.2) is 6.54 Å². The maximum Gasteiger partial charge on any atom is 0.0931 e. The van der Waals surface area contributed by atoms with Crippen LogP contribution in [0.2, 0.25) is 4.34 Å².